The average Bonchev–Trinajstić information content (AvgIpc) is 2.67. The third-order valence-electron chi connectivity index (χ3n) is 8.20. The van der Waals surface area contributed by atoms with Gasteiger partial charge in [0.25, 0.3) is 0 Å². The van der Waals surface area contributed by atoms with E-state index < -0.39 is 34.9 Å². The molecular formula is C20H28O5. The molecule has 4 rings (SSSR count). The van der Waals surface area contributed by atoms with E-state index >= 15 is 0 Å². The quantitative estimate of drug-likeness (QED) is 0.620. The highest BCUT2D eigenvalue weighted by Gasteiger charge is 2.76. The summed E-state index contributed by atoms with van der Waals surface area (Å²) in [7, 11) is 0. The van der Waals surface area contributed by atoms with E-state index in [0.717, 1.165) is 12.8 Å². The summed E-state index contributed by atoms with van der Waals surface area (Å²) in [6, 6.07) is 0. The molecule has 0 aromatic carbocycles. The van der Waals surface area contributed by atoms with Crippen LogP contribution in [-0.4, -0.2) is 45.7 Å². The number of carbonyl (C=O) groups is 2. The molecule has 5 nitrogen and oxygen atoms in total. The number of Topliss-reactive ketones (excluding diaryl/α,β-unsaturated/α-hetero) is 2. The minimum absolute atomic E-state index is 0.0567. The van der Waals surface area contributed by atoms with E-state index in [4.69, 9.17) is 0 Å². The van der Waals surface area contributed by atoms with Crippen molar-refractivity contribution >= 4 is 11.6 Å². The van der Waals surface area contributed by atoms with Crippen molar-refractivity contribution in [1.29, 1.82) is 0 Å². The average molecular weight is 348 g/mol. The predicted molar refractivity (Wildman–Crippen MR) is 90.5 cm³/mol. The molecule has 5 heteroatoms. The van der Waals surface area contributed by atoms with Gasteiger partial charge in [-0.1, -0.05) is 26.8 Å². The molecule has 0 aliphatic heterocycles. The molecule has 138 valence electrons. The lowest BCUT2D eigenvalue weighted by Crippen LogP contribution is -2.70. The van der Waals surface area contributed by atoms with E-state index in [2.05, 4.69) is 20.4 Å². The fraction of sp³-hybridized carbons (Fsp3) is 0.800. The molecule has 0 radical (unpaired) electrons. The smallest absolute Gasteiger partial charge is 0.170 e. The largest absolute Gasteiger partial charge is 0.396 e. The zero-order chi connectivity index (χ0) is 18.4. The Balaban J connectivity index is 1.96. The van der Waals surface area contributed by atoms with Gasteiger partial charge in [0.2, 0.25) is 0 Å². The Hall–Kier alpha value is -1.04. The minimum Gasteiger partial charge on any atom is -0.396 e. The summed E-state index contributed by atoms with van der Waals surface area (Å²) in [5, 5.41) is 32.5. The first-order chi connectivity index (χ1) is 11.6. The van der Waals surface area contributed by atoms with Gasteiger partial charge in [0.15, 0.2) is 5.78 Å². The van der Waals surface area contributed by atoms with E-state index in [0.29, 0.717) is 12.8 Å². The van der Waals surface area contributed by atoms with Crippen LogP contribution >= 0.6 is 0 Å². The summed E-state index contributed by atoms with van der Waals surface area (Å²) in [5.74, 6) is -1.93. The molecule has 3 N–H and O–H groups in total. The fourth-order valence-electron chi connectivity index (χ4n) is 7.18. The first-order valence-corrected chi connectivity index (χ1v) is 9.38. The van der Waals surface area contributed by atoms with Gasteiger partial charge < -0.3 is 15.3 Å². The number of hydrogen-bond acceptors (Lipinski definition) is 5. The second-order valence-corrected chi connectivity index (χ2v) is 9.48. The van der Waals surface area contributed by atoms with E-state index in [1.165, 1.54) is 0 Å². The Morgan fingerprint density at radius 2 is 1.88 bits per heavy atom. The Kier molecular flexibility index (Phi) is 3.49. The van der Waals surface area contributed by atoms with Crippen molar-refractivity contribution in [3.63, 3.8) is 0 Å². The van der Waals surface area contributed by atoms with Crippen molar-refractivity contribution in [2.24, 2.45) is 34.0 Å². The van der Waals surface area contributed by atoms with Gasteiger partial charge in [0.05, 0.1) is 17.6 Å². The molecule has 0 aromatic rings. The molecule has 2 unspecified atom stereocenters. The van der Waals surface area contributed by atoms with Crippen molar-refractivity contribution < 1.29 is 24.9 Å². The van der Waals surface area contributed by atoms with Crippen LogP contribution in [0.5, 0.6) is 0 Å². The summed E-state index contributed by atoms with van der Waals surface area (Å²) in [4.78, 5) is 26.3. The zero-order valence-electron chi connectivity index (χ0n) is 15.0. The number of aliphatic hydroxyl groups is 3. The van der Waals surface area contributed by atoms with Crippen molar-refractivity contribution in [1.82, 2.24) is 0 Å². The molecule has 25 heavy (non-hydrogen) atoms. The number of aliphatic hydroxyl groups excluding tert-OH is 3. The van der Waals surface area contributed by atoms with E-state index in [1.807, 2.05) is 0 Å². The monoisotopic (exact) mass is 348 g/mol. The normalized spacial score (nSPS) is 51.2. The SMILES string of the molecule is C=C1C(=O)[C@]23C(O)C1CC(=O)[C@H]2[C@]1(CO)CCCC(C)(C)[C@H]1C[C@H]3O. The van der Waals surface area contributed by atoms with Crippen molar-refractivity contribution in [2.75, 3.05) is 6.61 Å². The minimum atomic E-state index is -1.51. The number of rotatable bonds is 1. The molecule has 4 aliphatic carbocycles. The topological polar surface area (TPSA) is 94.8 Å². The molecule has 4 fully saturated rings. The second kappa shape index (κ2) is 5.02. The standard InChI is InChI=1S/C20H28O5/c1-10-11-7-12(22)15-19(9-21)6-4-5-18(2,3)13(19)8-14(23)20(15,16(10)24)17(11)25/h11,13-15,17,21,23,25H,1,4-9H2,2-3H3/t11?,13-,14-,15+,17?,19+,20-/m1/s1. The van der Waals surface area contributed by atoms with Crippen LogP contribution in [0.25, 0.3) is 0 Å². The van der Waals surface area contributed by atoms with Crippen LogP contribution in [0.3, 0.4) is 0 Å². The van der Waals surface area contributed by atoms with Crippen LogP contribution in [0, 0.1) is 34.0 Å². The highest BCUT2D eigenvalue weighted by atomic mass is 16.3. The summed E-state index contributed by atoms with van der Waals surface area (Å²) >= 11 is 0. The highest BCUT2D eigenvalue weighted by Crippen LogP contribution is 2.70. The molecule has 4 saturated carbocycles. The third kappa shape index (κ3) is 1.75. The first kappa shape index (κ1) is 17.4. The van der Waals surface area contributed by atoms with Gasteiger partial charge in [-0.3, -0.25) is 9.59 Å². The van der Waals surface area contributed by atoms with Crippen LogP contribution in [0.4, 0.5) is 0 Å². The predicted octanol–water partition coefficient (Wildman–Crippen LogP) is 1.25. The number of fused-ring (bicyclic) bond motifs is 3. The highest BCUT2D eigenvalue weighted by molar-refractivity contribution is 6.09. The summed E-state index contributed by atoms with van der Waals surface area (Å²) in [6.45, 7) is 7.88. The van der Waals surface area contributed by atoms with Crippen molar-refractivity contribution in [3.8, 4) is 0 Å². The fourth-order valence-corrected chi connectivity index (χ4v) is 7.18. The van der Waals surface area contributed by atoms with Gasteiger partial charge in [-0.05, 0) is 36.2 Å². The van der Waals surface area contributed by atoms with Gasteiger partial charge in [0.1, 0.15) is 5.78 Å². The van der Waals surface area contributed by atoms with Crippen LogP contribution < -0.4 is 0 Å². The molecule has 0 saturated heterocycles. The van der Waals surface area contributed by atoms with Crippen molar-refractivity contribution in [3.05, 3.63) is 12.2 Å². The Morgan fingerprint density at radius 3 is 2.52 bits per heavy atom. The maximum Gasteiger partial charge on any atom is 0.170 e. The molecule has 0 heterocycles. The van der Waals surface area contributed by atoms with Gasteiger partial charge in [-0.15, -0.1) is 0 Å². The van der Waals surface area contributed by atoms with Crippen LogP contribution in [0.1, 0.15) is 46.0 Å². The Morgan fingerprint density at radius 1 is 1.20 bits per heavy atom. The number of carbonyl (C=O) groups excluding carboxylic acids is 2. The van der Waals surface area contributed by atoms with Gasteiger partial charge >= 0.3 is 0 Å². The molecule has 1 spiro atoms. The zero-order valence-corrected chi connectivity index (χ0v) is 15.0. The molecule has 0 aromatic heterocycles. The molecule has 2 bridgehead atoms. The van der Waals surface area contributed by atoms with Crippen LogP contribution in [0.15, 0.2) is 12.2 Å². The first-order valence-electron chi connectivity index (χ1n) is 9.38. The summed E-state index contributed by atoms with van der Waals surface area (Å²) in [5.41, 5.74) is -2.12. The molecule has 4 aliphatic rings. The maximum absolute atomic E-state index is 13.2. The van der Waals surface area contributed by atoms with E-state index in [-0.39, 0.29) is 41.5 Å². The molecular weight excluding hydrogens is 320 g/mol. The molecule has 0 amide bonds. The second-order valence-electron chi connectivity index (χ2n) is 9.48. The molecule has 7 atom stereocenters. The lowest BCUT2D eigenvalue weighted by molar-refractivity contribution is -0.232. The van der Waals surface area contributed by atoms with Gasteiger partial charge in [-0.2, -0.15) is 0 Å². The third-order valence-corrected chi connectivity index (χ3v) is 8.20. The number of ketones is 2. The summed E-state index contributed by atoms with van der Waals surface area (Å²) in [6.07, 6.45) is 0.743. The lowest BCUT2D eigenvalue weighted by atomic mass is 9.39. The maximum atomic E-state index is 13.2. The van der Waals surface area contributed by atoms with Gasteiger partial charge in [0, 0.05) is 30.3 Å². The van der Waals surface area contributed by atoms with Crippen molar-refractivity contribution in [2.45, 2.75) is 58.2 Å². The van der Waals surface area contributed by atoms with Gasteiger partial charge in [-0.25, -0.2) is 0 Å². The van der Waals surface area contributed by atoms with Crippen LogP contribution in [-0.2, 0) is 9.59 Å². The summed E-state index contributed by atoms with van der Waals surface area (Å²) < 4.78 is 0. The Bertz CT molecular complexity index is 667. The van der Waals surface area contributed by atoms with Crippen LogP contribution in [0.2, 0.25) is 0 Å². The number of hydrogen-bond donors (Lipinski definition) is 3. The Labute approximate surface area is 148 Å². The van der Waals surface area contributed by atoms with E-state index in [9.17, 15) is 24.9 Å². The lowest BCUT2D eigenvalue weighted by Gasteiger charge is -2.64. The van der Waals surface area contributed by atoms with E-state index in [1.54, 1.807) is 0 Å².